The lowest BCUT2D eigenvalue weighted by Gasteiger charge is -2.08. The Hall–Kier alpha value is -0.850. The Balaban J connectivity index is 2.27. The number of pyridine rings is 1. The van der Waals surface area contributed by atoms with E-state index in [0.29, 0.717) is 0 Å². The van der Waals surface area contributed by atoms with Gasteiger partial charge in [0.1, 0.15) is 0 Å². The fraction of sp³-hybridized carbons (Fsp3) is 0.583. The molecule has 13 heavy (non-hydrogen) atoms. The van der Waals surface area contributed by atoms with Crippen LogP contribution in [0.5, 0.6) is 0 Å². The van der Waals surface area contributed by atoms with Gasteiger partial charge in [-0.15, -0.1) is 0 Å². The monoisotopic (exact) mass is 177 g/mol. The number of rotatable bonds is 5. The van der Waals surface area contributed by atoms with E-state index in [2.05, 4.69) is 24.9 Å². The second kappa shape index (κ2) is 5.74. The lowest BCUT2D eigenvalue weighted by atomic mass is 9.98. The molecule has 1 unspecified atom stereocenters. The van der Waals surface area contributed by atoms with Crippen LogP contribution in [0, 0.1) is 5.92 Å². The molecule has 0 radical (unpaired) electrons. The molecular formula is C12H19N. The van der Waals surface area contributed by atoms with Crippen molar-refractivity contribution >= 4 is 0 Å². The molecule has 1 aromatic rings. The molecule has 0 spiro atoms. The molecule has 72 valence electrons. The summed E-state index contributed by atoms with van der Waals surface area (Å²) in [5.41, 5.74) is 1.37. The highest BCUT2D eigenvalue weighted by Gasteiger charge is 2.00. The molecule has 1 atom stereocenters. The SMILES string of the molecule is CCCC(C)CCc1cccnc1. The summed E-state index contributed by atoms with van der Waals surface area (Å²) >= 11 is 0. The molecule has 1 aromatic heterocycles. The highest BCUT2D eigenvalue weighted by Crippen LogP contribution is 2.13. The zero-order chi connectivity index (χ0) is 9.52. The fourth-order valence-electron chi connectivity index (χ4n) is 1.60. The van der Waals surface area contributed by atoms with Crippen LogP contribution in [-0.2, 0) is 6.42 Å². The standard InChI is InChI=1S/C12H19N/c1-3-5-11(2)7-8-12-6-4-9-13-10-12/h4,6,9-11H,3,5,7-8H2,1-2H3. The maximum absolute atomic E-state index is 4.11. The average molecular weight is 177 g/mol. The molecule has 0 bridgehead atoms. The smallest absolute Gasteiger partial charge is 0.0299 e. The van der Waals surface area contributed by atoms with E-state index in [1.807, 2.05) is 18.5 Å². The summed E-state index contributed by atoms with van der Waals surface area (Å²) in [5, 5.41) is 0. The molecule has 1 heterocycles. The molecular weight excluding hydrogens is 158 g/mol. The number of aryl methyl sites for hydroxylation is 1. The van der Waals surface area contributed by atoms with Crippen LogP contribution in [0.25, 0.3) is 0 Å². The third kappa shape index (κ3) is 4.07. The summed E-state index contributed by atoms with van der Waals surface area (Å²) in [5.74, 6) is 0.852. The first-order chi connectivity index (χ1) is 6.33. The minimum atomic E-state index is 0.852. The summed E-state index contributed by atoms with van der Waals surface area (Å²) in [4.78, 5) is 4.11. The first kappa shape index (κ1) is 10.2. The van der Waals surface area contributed by atoms with E-state index in [0.717, 1.165) is 5.92 Å². The van der Waals surface area contributed by atoms with Gasteiger partial charge in [-0.05, 0) is 30.4 Å². The number of hydrogen-bond donors (Lipinski definition) is 0. The van der Waals surface area contributed by atoms with Crippen LogP contribution >= 0.6 is 0 Å². The molecule has 0 aliphatic heterocycles. The van der Waals surface area contributed by atoms with Crippen molar-refractivity contribution in [1.82, 2.24) is 4.98 Å². The van der Waals surface area contributed by atoms with Crippen molar-refractivity contribution in [3.8, 4) is 0 Å². The van der Waals surface area contributed by atoms with Gasteiger partial charge in [-0.1, -0.05) is 32.8 Å². The highest BCUT2D eigenvalue weighted by molar-refractivity contribution is 5.08. The molecule has 0 aliphatic rings. The largest absolute Gasteiger partial charge is 0.264 e. The zero-order valence-corrected chi connectivity index (χ0v) is 8.66. The summed E-state index contributed by atoms with van der Waals surface area (Å²) < 4.78 is 0. The van der Waals surface area contributed by atoms with Crippen molar-refractivity contribution in [2.24, 2.45) is 5.92 Å². The van der Waals surface area contributed by atoms with Crippen LogP contribution in [0.15, 0.2) is 24.5 Å². The molecule has 1 heteroatoms. The predicted molar refractivity (Wildman–Crippen MR) is 56.6 cm³/mol. The Morgan fingerprint density at radius 2 is 2.23 bits per heavy atom. The second-order valence-corrected chi connectivity index (χ2v) is 3.79. The number of aromatic nitrogens is 1. The highest BCUT2D eigenvalue weighted by atomic mass is 14.6. The van der Waals surface area contributed by atoms with E-state index in [1.165, 1.54) is 31.2 Å². The Kier molecular flexibility index (Phi) is 4.52. The summed E-state index contributed by atoms with van der Waals surface area (Å²) in [6.45, 7) is 4.58. The Morgan fingerprint density at radius 1 is 1.38 bits per heavy atom. The van der Waals surface area contributed by atoms with Crippen molar-refractivity contribution in [3.63, 3.8) is 0 Å². The van der Waals surface area contributed by atoms with E-state index in [-0.39, 0.29) is 0 Å². The number of hydrogen-bond acceptors (Lipinski definition) is 1. The van der Waals surface area contributed by atoms with Gasteiger partial charge in [-0.2, -0.15) is 0 Å². The van der Waals surface area contributed by atoms with Crippen LogP contribution in [-0.4, -0.2) is 4.98 Å². The Labute approximate surface area is 81.2 Å². The van der Waals surface area contributed by atoms with E-state index in [9.17, 15) is 0 Å². The van der Waals surface area contributed by atoms with Crippen LogP contribution in [0.4, 0.5) is 0 Å². The summed E-state index contributed by atoms with van der Waals surface area (Å²) in [7, 11) is 0. The van der Waals surface area contributed by atoms with E-state index < -0.39 is 0 Å². The third-order valence-corrected chi connectivity index (χ3v) is 2.43. The molecule has 0 amide bonds. The molecule has 0 saturated heterocycles. The summed E-state index contributed by atoms with van der Waals surface area (Å²) in [6, 6.07) is 4.17. The predicted octanol–water partition coefficient (Wildman–Crippen LogP) is 3.45. The van der Waals surface area contributed by atoms with Gasteiger partial charge in [0, 0.05) is 12.4 Å². The second-order valence-electron chi connectivity index (χ2n) is 3.79. The Morgan fingerprint density at radius 3 is 2.85 bits per heavy atom. The van der Waals surface area contributed by atoms with Gasteiger partial charge < -0.3 is 0 Å². The minimum Gasteiger partial charge on any atom is -0.264 e. The third-order valence-electron chi connectivity index (χ3n) is 2.43. The van der Waals surface area contributed by atoms with Gasteiger partial charge in [0.15, 0.2) is 0 Å². The van der Waals surface area contributed by atoms with Gasteiger partial charge in [-0.3, -0.25) is 4.98 Å². The van der Waals surface area contributed by atoms with Crippen molar-refractivity contribution in [3.05, 3.63) is 30.1 Å². The quantitative estimate of drug-likeness (QED) is 0.671. The fourth-order valence-corrected chi connectivity index (χ4v) is 1.60. The van der Waals surface area contributed by atoms with Gasteiger partial charge in [0.2, 0.25) is 0 Å². The molecule has 0 saturated carbocycles. The first-order valence-corrected chi connectivity index (χ1v) is 5.21. The molecule has 0 fully saturated rings. The van der Waals surface area contributed by atoms with Crippen molar-refractivity contribution in [2.75, 3.05) is 0 Å². The van der Waals surface area contributed by atoms with Crippen molar-refractivity contribution < 1.29 is 0 Å². The summed E-state index contributed by atoms with van der Waals surface area (Å²) in [6.07, 6.45) is 8.92. The molecule has 0 N–H and O–H groups in total. The lowest BCUT2D eigenvalue weighted by molar-refractivity contribution is 0.486. The van der Waals surface area contributed by atoms with E-state index in [1.54, 1.807) is 0 Å². The normalized spacial score (nSPS) is 12.8. The lowest BCUT2D eigenvalue weighted by Crippen LogP contribution is -1.96. The molecule has 0 aliphatic carbocycles. The topological polar surface area (TPSA) is 12.9 Å². The molecule has 1 rings (SSSR count). The maximum Gasteiger partial charge on any atom is 0.0299 e. The van der Waals surface area contributed by atoms with Crippen molar-refractivity contribution in [2.45, 2.75) is 39.5 Å². The van der Waals surface area contributed by atoms with Crippen LogP contribution < -0.4 is 0 Å². The van der Waals surface area contributed by atoms with Gasteiger partial charge >= 0.3 is 0 Å². The van der Waals surface area contributed by atoms with Crippen LogP contribution in [0.2, 0.25) is 0 Å². The van der Waals surface area contributed by atoms with E-state index >= 15 is 0 Å². The number of nitrogens with zero attached hydrogens (tertiary/aromatic N) is 1. The van der Waals surface area contributed by atoms with Crippen LogP contribution in [0.1, 0.15) is 38.7 Å². The first-order valence-electron chi connectivity index (χ1n) is 5.21. The minimum absolute atomic E-state index is 0.852. The van der Waals surface area contributed by atoms with Crippen LogP contribution in [0.3, 0.4) is 0 Å². The van der Waals surface area contributed by atoms with Gasteiger partial charge in [0.05, 0.1) is 0 Å². The average Bonchev–Trinajstić information content (AvgIpc) is 2.17. The molecule has 1 nitrogen and oxygen atoms in total. The Bertz CT molecular complexity index is 218. The zero-order valence-electron chi connectivity index (χ0n) is 8.66. The molecule has 0 aromatic carbocycles. The van der Waals surface area contributed by atoms with Gasteiger partial charge in [0.25, 0.3) is 0 Å². The van der Waals surface area contributed by atoms with Gasteiger partial charge in [-0.25, -0.2) is 0 Å². The maximum atomic E-state index is 4.11. The van der Waals surface area contributed by atoms with Crippen molar-refractivity contribution in [1.29, 1.82) is 0 Å². The van der Waals surface area contributed by atoms with E-state index in [4.69, 9.17) is 0 Å².